The van der Waals surface area contributed by atoms with Crippen molar-refractivity contribution in [1.82, 2.24) is 0 Å². The fourth-order valence-electron chi connectivity index (χ4n) is 9.05. The van der Waals surface area contributed by atoms with E-state index < -0.39 is 0 Å². The fraction of sp³-hybridized carbons (Fsp3) is 0.176. The molecule has 0 saturated carbocycles. The van der Waals surface area contributed by atoms with Gasteiger partial charge in [-0.2, -0.15) is 0 Å². The minimum absolute atomic E-state index is 0.0842. The molecule has 0 fully saturated rings. The Labute approximate surface area is 314 Å². The van der Waals surface area contributed by atoms with Crippen LogP contribution in [0.5, 0.6) is 0 Å². The molecule has 5 aromatic carbocycles. The number of para-hydroxylation sites is 1. The molecule has 9 rings (SSSR count). The first-order valence-corrected chi connectivity index (χ1v) is 19.2. The van der Waals surface area contributed by atoms with Crippen molar-refractivity contribution < 1.29 is 0 Å². The van der Waals surface area contributed by atoms with Gasteiger partial charge in [-0.3, -0.25) is 0 Å². The summed E-state index contributed by atoms with van der Waals surface area (Å²) >= 11 is 0. The number of hydrogen-bond acceptors (Lipinski definition) is 2. The van der Waals surface area contributed by atoms with Gasteiger partial charge in [0.1, 0.15) is 0 Å². The lowest BCUT2D eigenvalue weighted by molar-refractivity contribution is 0.657. The van der Waals surface area contributed by atoms with Crippen LogP contribution < -0.4 is 9.80 Å². The highest BCUT2D eigenvalue weighted by atomic mass is 15.2. The van der Waals surface area contributed by atoms with Crippen molar-refractivity contribution in [3.63, 3.8) is 0 Å². The Hall–Kier alpha value is -5.86. The van der Waals surface area contributed by atoms with E-state index in [1.807, 2.05) is 6.08 Å². The van der Waals surface area contributed by atoms with Crippen molar-refractivity contribution in [3.8, 4) is 11.1 Å². The molecule has 0 N–H and O–H groups in total. The number of rotatable bonds is 6. The molecule has 0 spiro atoms. The Morgan fingerprint density at radius 3 is 2.36 bits per heavy atom. The Kier molecular flexibility index (Phi) is 8.27. The average Bonchev–Trinajstić information content (AvgIpc) is 3.31. The van der Waals surface area contributed by atoms with Gasteiger partial charge in [-0.25, -0.2) is 0 Å². The number of benzene rings is 5. The van der Waals surface area contributed by atoms with Crippen molar-refractivity contribution >= 4 is 46.1 Å². The second-order valence-electron chi connectivity index (χ2n) is 15.2. The monoisotopic (exact) mass is 686 g/mol. The molecule has 0 amide bonds. The first-order valence-electron chi connectivity index (χ1n) is 19.2. The SMILES string of the molecule is C=CC1=C(/C=C\C)N(c2ccc(/C=C/c3ccc4c(c3)C(C)(C)c3cc(N5CCCC6=C5CCC=C6)ccc3-4)c3ccccc23)c2ccccc2C=C1. The largest absolute Gasteiger partial charge is 0.345 e. The smallest absolute Gasteiger partial charge is 0.0540 e. The summed E-state index contributed by atoms with van der Waals surface area (Å²) in [5.74, 6) is 0. The molecule has 2 aliphatic heterocycles. The van der Waals surface area contributed by atoms with E-state index in [9.17, 15) is 0 Å². The fourth-order valence-corrected chi connectivity index (χ4v) is 9.05. The molecule has 2 aliphatic carbocycles. The molecular formula is C51H46N2. The lowest BCUT2D eigenvalue weighted by Crippen LogP contribution is -2.29. The summed E-state index contributed by atoms with van der Waals surface area (Å²) in [7, 11) is 0. The van der Waals surface area contributed by atoms with E-state index in [1.54, 1.807) is 0 Å². The number of fused-ring (bicyclic) bond motifs is 5. The molecule has 53 heavy (non-hydrogen) atoms. The van der Waals surface area contributed by atoms with Gasteiger partial charge in [0.2, 0.25) is 0 Å². The topological polar surface area (TPSA) is 6.48 Å². The van der Waals surface area contributed by atoms with Crippen LogP contribution in [-0.4, -0.2) is 6.54 Å². The Bertz CT molecular complexity index is 2490. The van der Waals surface area contributed by atoms with Crippen molar-refractivity contribution in [2.24, 2.45) is 0 Å². The summed E-state index contributed by atoms with van der Waals surface area (Å²) < 4.78 is 0. The highest BCUT2D eigenvalue weighted by molar-refractivity contribution is 6.03. The molecule has 5 aromatic rings. The van der Waals surface area contributed by atoms with Crippen LogP contribution >= 0.6 is 0 Å². The first kappa shape index (κ1) is 33.0. The van der Waals surface area contributed by atoms with Crippen LogP contribution in [0.3, 0.4) is 0 Å². The van der Waals surface area contributed by atoms with Crippen LogP contribution in [0.4, 0.5) is 17.1 Å². The van der Waals surface area contributed by atoms with E-state index in [0.717, 1.165) is 42.0 Å². The number of allylic oxidation sites excluding steroid dienone is 9. The number of anilines is 3. The molecular weight excluding hydrogens is 641 g/mol. The van der Waals surface area contributed by atoms with E-state index in [4.69, 9.17) is 0 Å². The van der Waals surface area contributed by atoms with Crippen LogP contribution in [0.15, 0.2) is 163 Å². The predicted molar refractivity (Wildman–Crippen MR) is 229 cm³/mol. The van der Waals surface area contributed by atoms with Crippen LogP contribution in [0.2, 0.25) is 0 Å². The Morgan fingerprint density at radius 2 is 1.51 bits per heavy atom. The van der Waals surface area contributed by atoms with E-state index in [1.165, 1.54) is 79.5 Å². The Balaban J connectivity index is 1.07. The van der Waals surface area contributed by atoms with Gasteiger partial charge >= 0.3 is 0 Å². The summed E-state index contributed by atoms with van der Waals surface area (Å²) in [5, 5.41) is 2.43. The van der Waals surface area contributed by atoms with Crippen LogP contribution in [0.1, 0.15) is 74.3 Å². The molecule has 0 unspecified atom stereocenters. The summed E-state index contributed by atoms with van der Waals surface area (Å²) in [6.07, 6.45) is 24.6. The van der Waals surface area contributed by atoms with Crippen LogP contribution in [0, 0.1) is 0 Å². The second kappa shape index (κ2) is 13.3. The quantitative estimate of drug-likeness (QED) is 0.164. The summed E-state index contributed by atoms with van der Waals surface area (Å²) in [6, 6.07) is 36.2. The van der Waals surface area contributed by atoms with Crippen molar-refractivity contribution in [2.75, 3.05) is 16.3 Å². The summed E-state index contributed by atoms with van der Waals surface area (Å²) in [5.41, 5.74) is 18.0. The van der Waals surface area contributed by atoms with E-state index in [2.05, 4.69) is 183 Å². The molecule has 0 atom stereocenters. The second-order valence-corrected chi connectivity index (χ2v) is 15.2. The number of nitrogens with zero attached hydrogens (tertiary/aromatic N) is 2. The van der Waals surface area contributed by atoms with Gasteiger partial charge in [0.05, 0.1) is 17.1 Å². The molecule has 2 nitrogen and oxygen atoms in total. The van der Waals surface area contributed by atoms with Gasteiger partial charge in [-0.15, -0.1) is 0 Å². The molecule has 260 valence electrons. The van der Waals surface area contributed by atoms with Crippen molar-refractivity contribution in [1.29, 1.82) is 0 Å². The zero-order valence-electron chi connectivity index (χ0n) is 31.1. The predicted octanol–water partition coefficient (Wildman–Crippen LogP) is 13.7. The zero-order chi connectivity index (χ0) is 36.1. The average molecular weight is 687 g/mol. The zero-order valence-corrected chi connectivity index (χ0v) is 31.1. The maximum Gasteiger partial charge on any atom is 0.0540 e. The van der Waals surface area contributed by atoms with Gasteiger partial charge in [0, 0.05) is 28.7 Å². The van der Waals surface area contributed by atoms with Gasteiger partial charge in [0.15, 0.2) is 0 Å². The summed E-state index contributed by atoms with van der Waals surface area (Å²) in [4.78, 5) is 4.99. The normalized spacial score (nSPS) is 17.4. The lowest BCUT2D eigenvalue weighted by atomic mass is 9.81. The van der Waals surface area contributed by atoms with E-state index in [0.29, 0.717) is 0 Å². The highest BCUT2D eigenvalue weighted by Crippen LogP contribution is 2.51. The maximum absolute atomic E-state index is 4.17. The summed E-state index contributed by atoms with van der Waals surface area (Å²) in [6.45, 7) is 12.2. The van der Waals surface area contributed by atoms with Crippen LogP contribution in [0.25, 0.3) is 40.1 Å². The maximum atomic E-state index is 4.17. The van der Waals surface area contributed by atoms with Gasteiger partial charge < -0.3 is 9.80 Å². The van der Waals surface area contributed by atoms with Crippen molar-refractivity contribution in [3.05, 3.63) is 190 Å². The minimum Gasteiger partial charge on any atom is -0.345 e. The molecule has 2 heterocycles. The van der Waals surface area contributed by atoms with Gasteiger partial charge in [-0.1, -0.05) is 142 Å². The molecule has 0 saturated heterocycles. The molecule has 0 radical (unpaired) electrons. The first-order chi connectivity index (χ1) is 26.0. The third-order valence-electron chi connectivity index (χ3n) is 11.7. The van der Waals surface area contributed by atoms with Crippen molar-refractivity contribution in [2.45, 2.75) is 51.9 Å². The van der Waals surface area contributed by atoms with E-state index in [-0.39, 0.29) is 5.41 Å². The Morgan fingerprint density at radius 1 is 0.717 bits per heavy atom. The molecule has 4 aliphatic rings. The van der Waals surface area contributed by atoms with Crippen LogP contribution in [-0.2, 0) is 5.41 Å². The lowest BCUT2D eigenvalue weighted by Gasteiger charge is -2.35. The third-order valence-corrected chi connectivity index (χ3v) is 11.7. The molecule has 0 aromatic heterocycles. The van der Waals surface area contributed by atoms with Gasteiger partial charge in [0.25, 0.3) is 0 Å². The van der Waals surface area contributed by atoms with E-state index >= 15 is 0 Å². The molecule has 2 heteroatoms. The highest BCUT2D eigenvalue weighted by Gasteiger charge is 2.36. The minimum atomic E-state index is -0.0842. The number of hydrogen-bond donors (Lipinski definition) is 0. The molecule has 0 bridgehead atoms. The third kappa shape index (κ3) is 5.56. The van der Waals surface area contributed by atoms with Gasteiger partial charge in [-0.05, 0) is 118 Å². The standard InChI is InChI=1S/C51H46N2/c1-5-14-48-36(6-2)25-26-39-16-8-12-21-49(39)53(48)50-31-27-37(41-18-9-10-19-44(41)50)24-22-35-23-29-42-43-30-28-40(34-46(43)51(3,4)45(42)33-35)52-32-13-17-38-15-7-11-20-47(38)52/h5-10,12,14-16,18-19,21-31,33-34H,2,11,13,17,20,32H2,1,3-4H3/b14-5-,24-22+.